The summed E-state index contributed by atoms with van der Waals surface area (Å²) in [5.41, 5.74) is 4.09. The first-order chi connectivity index (χ1) is 14.7. The van der Waals surface area contributed by atoms with Gasteiger partial charge in [0.05, 0.1) is 27.7 Å². The van der Waals surface area contributed by atoms with E-state index in [1.165, 1.54) is 4.63 Å². The number of nitrogens with zero attached hydrogens (tertiary/aromatic N) is 7. The molecule has 3 aromatic heterocycles. The minimum absolute atomic E-state index is 0.508. The second-order valence-electron chi connectivity index (χ2n) is 6.43. The third kappa shape index (κ3) is 2.99. The topological polar surface area (TPSA) is 84.7 Å². The van der Waals surface area contributed by atoms with Crippen molar-refractivity contribution in [3.63, 3.8) is 0 Å². The number of fused-ring (bicyclic) bond motifs is 1. The molecule has 7 nitrogen and oxygen atoms in total. The molecule has 0 atom stereocenters. The third-order valence-corrected chi connectivity index (χ3v) is 5.21. The van der Waals surface area contributed by atoms with Crippen LogP contribution in [0.2, 0.25) is 10.0 Å². The molecule has 5 aromatic rings. The zero-order chi connectivity index (χ0) is 20.7. The van der Waals surface area contributed by atoms with E-state index in [9.17, 15) is 0 Å². The lowest BCUT2D eigenvalue weighted by molar-refractivity contribution is 0.803. The van der Waals surface area contributed by atoms with Gasteiger partial charge in [-0.25, -0.2) is 0 Å². The Balaban J connectivity index is 1.79. The average Bonchev–Trinajstić information content (AvgIpc) is 3.39. The molecule has 9 heteroatoms. The quantitative estimate of drug-likeness (QED) is 0.408. The van der Waals surface area contributed by atoms with E-state index in [4.69, 9.17) is 28.5 Å². The molecule has 144 valence electrons. The zero-order valence-electron chi connectivity index (χ0n) is 15.2. The lowest BCUT2D eigenvalue weighted by atomic mass is 10.1. The van der Waals surface area contributed by atoms with Gasteiger partial charge in [0.25, 0.3) is 0 Å². The zero-order valence-corrected chi connectivity index (χ0v) is 16.7. The SMILES string of the molecule is N#Cc1ccc(-n2cnnc2-c2c(-c3cc(Cl)ccc3Cl)nn3ncccc23)cc1. The minimum Gasteiger partial charge on any atom is -0.281 e. The van der Waals surface area contributed by atoms with Crippen molar-refractivity contribution < 1.29 is 0 Å². The summed E-state index contributed by atoms with van der Waals surface area (Å²) in [5.74, 6) is 0.564. The summed E-state index contributed by atoms with van der Waals surface area (Å²) in [5, 5.41) is 27.5. The van der Waals surface area contributed by atoms with Crippen LogP contribution in [0, 0.1) is 11.3 Å². The molecule has 0 saturated carbocycles. The largest absolute Gasteiger partial charge is 0.281 e. The van der Waals surface area contributed by atoms with Crippen LogP contribution in [0.5, 0.6) is 0 Å². The molecule has 0 spiro atoms. The molecule has 0 aliphatic rings. The molecule has 0 fully saturated rings. The lowest BCUT2D eigenvalue weighted by Gasteiger charge is -2.08. The summed E-state index contributed by atoms with van der Waals surface area (Å²) in [6.45, 7) is 0. The molecule has 3 heterocycles. The van der Waals surface area contributed by atoms with Crippen molar-refractivity contribution >= 4 is 28.7 Å². The molecule has 30 heavy (non-hydrogen) atoms. The number of nitriles is 1. The Bertz CT molecular complexity index is 1430. The predicted molar refractivity (Wildman–Crippen MR) is 114 cm³/mol. The fourth-order valence-corrected chi connectivity index (χ4v) is 3.65. The monoisotopic (exact) mass is 431 g/mol. The number of aromatic nitrogens is 6. The maximum Gasteiger partial charge on any atom is 0.172 e. The standard InChI is InChI=1S/C21H11Cl2N7/c22-14-5-8-17(23)16(10-14)20-19(18-2-1-9-26-30(18)28-20)21-27-25-12-29(21)15-6-3-13(11-24)4-7-15/h1-10,12H. The molecule has 0 unspecified atom stereocenters. The Morgan fingerprint density at radius 1 is 1.00 bits per heavy atom. The van der Waals surface area contributed by atoms with Crippen molar-refractivity contribution in [1.82, 2.24) is 29.6 Å². The highest BCUT2D eigenvalue weighted by molar-refractivity contribution is 6.35. The Morgan fingerprint density at radius 3 is 2.63 bits per heavy atom. The van der Waals surface area contributed by atoms with Crippen LogP contribution in [0.4, 0.5) is 0 Å². The van der Waals surface area contributed by atoms with Crippen molar-refractivity contribution in [2.24, 2.45) is 0 Å². The van der Waals surface area contributed by atoms with Gasteiger partial charge in [-0.2, -0.15) is 15.0 Å². The normalized spacial score (nSPS) is 11.0. The van der Waals surface area contributed by atoms with E-state index in [2.05, 4.69) is 26.5 Å². The van der Waals surface area contributed by atoms with E-state index in [1.54, 1.807) is 42.9 Å². The first-order valence-electron chi connectivity index (χ1n) is 8.86. The van der Waals surface area contributed by atoms with Crippen molar-refractivity contribution in [1.29, 1.82) is 5.26 Å². The summed E-state index contributed by atoms with van der Waals surface area (Å²) < 4.78 is 3.35. The molecular formula is C21H11Cl2N7. The Hall–Kier alpha value is -3.73. The van der Waals surface area contributed by atoms with Gasteiger partial charge in [0, 0.05) is 22.5 Å². The predicted octanol–water partition coefficient (Wildman–Crippen LogP) is 4.82. The first-order valence-corrected chi connectivity index (χ1v) is 9.61. The second kappa shape index (κ2) is 7.26. The number of hydrogen-bond donors (Lipinski definition) is 0. The van der Waals surface area contributed by atoms with Crippen LogP contribution >= 0.6 is 23.2 Å². The van der Waals surface area contributed by atoms with E-state index in [-0.39, 0.29) is 0 Å². The minimum atomic E-state index is 0.508. The van der Waals surface area contributed by atoms with Crippen molar-refractivity contribution in [2.45, 2.75) is 0 Å². The lowest BCUT2D eigenvalue weighted by Crippen LogP contribution is -1.97. The van der Waals surface area contributed by atoms with Gasteiger partial charge in [-0.3, -0.25) is 4.57 Å². The van der Waals surface area contributed by atoms with E-state index >= 15 is 0 Å². The van der Waals surface area contributed by atoms with Crippen LogP contribution in [0.3, 0.4) is 0 Å². The van der Waals surface area contributed by atoms with Gasteiger partial charge in [0.15, 0.2) is 5.82 Å². The third-order valence-electron chi connectivity index (χ3n) is 4.65. The van der Waals surface area contributed by atoms with E-state index in [0.29, 0.717) is 38.3 Å². The summed E-state index contributed by atoms with van der Waals surface area (Å²) in [6.07, 6.45) is 3.26. The van der Waals surface area contributed by atoms with Gasteiger partial charge in [-0.1, -0.05) is 23.2 Å². The Labute approximate surface area is 180 Å². The molecular weight excluding hydrogens is 421 g/mol. The van der Waals surface area contributed by atoms with Gasteiger partial charge in [0.1, 0.15) is 12.0 Å². The van der Waals surface area contributed by atoms with Crippen molar-refractivity contribution in [2.75, 3.05) is 0 Å². The highest BCUT2D eigenvalue weighted by Crippen LogP contribution is 2.38. The van der Waals surface area contributed by atoms with Crippen LogP contribution in [-0.4, -0.2) is 29.6 Å². The first kappa shape index (κ1) is 18.3. The molecule has 0 aliphatic carbocycles. The Morgan fingerprint density at radius 2 is 1.83 bits per heavy atom. The summed E-state index contributed by atoms with van der Waals surface area (Å²) in [6, 6.07) is 18.2. The smallest absolute Gasteiger partial charge is 0.172 e. The highest BCUT2D eigenvalue weighted by Gasteiger charge is 2.23. The molecule has 0 radical (unpaired) electrons. The van der Waals surface area contributed by atoms with E-state index < -0.39 is 0 Å². The molecule has 0 saturated heterocycles. The van der Waals surface area contributed by atoms with Crippen LogP contribution < -0.4 is 0 Å². The Kier molecular flexibility index (Phi) is 4.43. The molecule has 0 N–H and O–H groups in total. The van der Waals surface area contributed by atoms with Crippen LogP contribution in [0.25, 0.3) is 33.8 Å². The molecule has 2 aromatic carbocycles. The maximum absolute atomic E-state index is 9.07. The van der Waals surface area contributed by atoms with E-state index in [0.717, 1.165) is 11.2 Å². The molecule has 0 amide bonds. The number of rotatable bonds is 3. The van der Waals surface area contributed by atoms with Gasteiger partial charge in [0.2, 0.25) is 0 Å². The van der Waals surface area contributed by atoms with Gasteiger partial charge < -0.3 is 0 Å². The van der Waals surface area contributed by atoms with Gasteiger partial charge in [-0.15, -0.1) is 15.3 Å². The van der Waals surface area contributed by atoms with Crippen molar-refractivity contribution in [3.05, 3.63) is 82.7 Å². The van der Waals surface area contributed by atoms with Gasteiger partial charge in [-0.05, 0) is 54.6 Å². The fourth-order valence-electron chi connectivity index (χ4n) is 3.27. The van der Waals surface area contributed by atoms with Crippen LogP contribution in [0.1, 0.15) is 5.56 Å². The average molecular weight is 432 g/mol. The highest BCUT2D eigenvalue weighted by atomic mass is 35.5. The summed E-state index contributed by atoms with van der Waals surface area (Å²) in [7, 11) is 0. The summed E-state index contributed by atoms with van der Waals surface area (Å²) >= 11 is 12.7. The number of hydrogen-bond acceptors (Lipinski definition) is 5. The van der Waals surface area contributed by atoms with Crippen LogP contribution in [-0.2, 0) is 0 Å². The maximum atomic E-state index is 9.07. The summed E-state index contributed by atoms with van der Waals surface area (Å²) in [4.78, 5) is 0. The number of halogens is 2. The molecule has 0 aliphatic heterocycles. The van der Waals surface area contributed by atoms with Crippen molar-refractivity contribution in [3.8, 4) is 34.4 Å². The fraction of sp³-hybridized carbons (Fsp3) is 0. The number of benzene rings is 2. The van der Waals surface area contributed by atoms with E-state index in [1.807, 2.05) is 28.8 Å². The van der Waals surface area contributed by atoms with Gasteiger partial charge >= 0.3 is 0 Å². The molecule has 0 bridgehead atoms. The molecule has 5 rings (SSSR count). The van der Waals surface area contributed by atoms with Crippen LogP contribution in [0.15, 0.2) is 67.1 Å². The second-order valence-corrected chi connectivity index (χ2v) is 7.27.